The molecule has 0 aromatic carbocycles. The molecule has 1 atom stereocenters. The van der Waals surface area contributed by atoms with Gasteiger partial charge in [0.05, 0.1) is 0 Å². The second kappa shape index (κ2) is 4.55. The fraction of sp³-hybridized carbons (Fsp3) is 0.600. The van der Waals surface area contributed by atoms with E-state index in [0.717, 1.165) is 5.92 Å². The molecule has 0 aliphatic heterocycles. The molecule has 0 aliphatic carbocycles. The number of thiophene rings is 1. The van der Waals surface area contributed by atoms with Gasteiger partial charge in [0.1, 0.15) is 0 Å². The van der Waals surface area contributed by atoms with E-state index in [1.165, 1.54) is 24.1 Å². The first-order valence-electron chi connectivity index (χ1n) is 4.35. The van der Waals surface area contributed by atoms with Crippen LogP contribution in [-0.2, 0) is 6.42 Å². The summed E-state index contributed by atoms with van der Waals surface area (Å²) in [6.07, 6.45) is 3.94. The van der Waals surface area contributed by atoms with Crippen LogP contribution in [0.1, 0.15) is 31.6 Å². The highest BCUT2D eigenvalue weighted by Gasteiger charge is 2.01. The van der Waals surface area contributed by atoms with E-state index in [4.69, 9.17) is 0 Å². The lowest BCUT2D eigenvalue weighted by atomic mass is 10.0. The van der Waals surface area contributed by atoms with E-state index in [1.807, 2.05) is 11.3 Å². The van der Waals surface area contributed by atoms with Gasteiger partial charge in [-0.1, -0.05) is 32.8 Å². The molecule has 0 aliphatic rings. The fourth-order valence-electron chi connectivity index (χ4n) is 1.37. The minimum absolute atomic E-state index is 0.860. The number of rotatable bonds is 4. The average molecular weight is 168 g/mol. The van der Waals surface area contributed by atoms with Crippen molar-refractivity contribution in [2.24, 2.45) is 5.92 Å². The Labute approximate surface area is 73.3 Å². The Morgan fingerprint density at radius 1 is 1.55 bits per heavy atom. The Morgan fingerprint density at radius 2 is 2.36 bits per heavy atom. The zero-order chi connectivity index (χ0) is 8.10. The van der Waals surface area contributed by atoms with Crippen molar-refractivity contribution < 1.29 is 0 Å². The summed E-state index contributed by atoms with van der Waals surface area (Å²) in [5, 5.41) is 2.16. The molecule has 62 valence electrons. The molecule has 1 aromatic heterocycles. The second-order valence-electron chi connectivity index (χ2n) is 3.18. The lowest BCUT2D eigenvalue weighted by Crippen LogP contribution is -1.96. The molecular weight excluding hydrogens is 152 g/mol. The molecule has 0 radical (unpaired) electrons. The van der Waals surface area contributed by atoms with Crippen molar-refractivity contribution in [3.8, 4) is 0 Å². The molecule has 1 heteroatoms. The Kier molecular flexibility index (Phi) is 3.64. The Morgan fingerprint density at radius 3 is 2.91 bits per heavy atom. The molecule has 0 saturated carbocycles. The predicted molar refractivity (Wildman–Crippen MR) is 52.1 cm³/mol. The Hall–Kier alpha value is -0.300. The standard InChI is InChI=1S/C10H16S/c1-3-5-9(2)8-10-6-4-7-11-10/h4,6-7,9H,3,5,8H2,1-2H3. The third-order valence-corrected chi connectivity index (χ3v) is 2.81. The predicted octanol–water partition coefficient (Wildman–Crippen LogP) is 3.73. The molecule has 0 nitrogen and oxygen atoms in total. The summed E-state index contributed by atoms with van der Waals surface area (Å²) in [5.74, 6) is 0.860. The van der Waals surface area contributed by atoms with Gasteiger partial charge in [0.25, 0.3) is 0 Å². The smallest absolute Gasteiger partial charge is 0.00478 e. The maximum Gasteiger partial charge on any atom is 0.00478 e. The van der Waals surface area contributed by atoms with Crippen LogP contribution in [0, 0.1) is 5.92 Å². The Bertz CT molecular complexity index is 177. The molecule has 1 rings (SSSR count). The van der Waals surface area contributed by atoms with Crippen LogP contribution in [0.3, 0.4) is 0 Å². The van der Waals surface area contributed by atoms with Crippen LogP contribution in [0.25, 0.3) is 0 Å². The molecule has 1 aromatic rings. The number of hydrogen-bond acceptors (Lipinski definition) is 1. The minimum Gasteiger partial charge on any atom is -0.149 e. The molecule has 0 spiro atoms. The molecule has 1 heterocycles. The van der Waals surface area contributed by atoms with Crippen LogP contribution in [0.2, 0.25) is 0 Å². The van der Waals surface area contributed by atoms with Crippen LogP contribution in [0.15, 0.2) is 17.5 Å². The first kappa shape index (κ1) is 8.79. The largest absolute Gasteiger partial charge is 0.149 e. The van der Waals surface area contributed by atoms with E-state index in [2.05, 4.69) is 31.4 Å². The van der Waals surface area contributed by atoms with Crippen LogP contribution < -0.4 is 0 Å². The Balaban J connectivity index is 2.31. The fourth-order valence-corrected chi connectivity index (χ4v) is 2.24. The molecule has 1 unspecified atom stereocenters. The molecule has 0 amide bonds. The summed E-state index contributed by atoms with van der Waals surface area (Å²) in [7, 11) is 0. The molecule has 0 saturated heterocycles. The van der Waals surface area contributed by atoms with Crippen LogP contribution >= 0.6 is 11.3 Å². The second-order valence-corrected chi connectivity index (χ2v) is 4.21. The molecule has 0 fully saturated rings. The van der Waals surface area contributed by atoms with Crippen molar-refractivity contribution in [1.29, 1.82) is 0 Å². The van der Waals surface area contributed by atoms with Crippen molar-refractivity contribution >= 4 is 11.3 Å². The molecule has 11 heavy (non-hydrogen) atoms. The van der Waals surface area contributed by atoms with E-state index in [1.54, 1.807) is 0 Å². The summed E-state index contributed by atoms with van der Waals surface area (Å²) in [6.45, 7) is 4.59. The molecule has 0 bridgehead atoms. The van der Waals surface area contributed by atoms with Gasteiger partial charge in [-0.15, -0.1) is 11.3 Å². The first-order valence-corrected chi connectivity index (χ1v) is 5.23. The normalized spacial score (nSPS) is 13.3. The van der Waals surface area contributed by atoms with Gasteiger partial charge in [-0.3, -0.25) is 0 Å². The summed E-state index contributed by atoms with van der Waals surface area (Å²) < 4.78 is 0. The van der Waals surface area contributed by atoms with Gasteiger partial charge in [0, 0.05) is 4.88 Å². The maximum atomic E-state index is 2.34. The third kappa shape index (κ3) is 3.06. The van der Waals surface area contributed by atoms with E-state index < -0.39 is 0 Å². The molecular formula is C10H16S. The van der Waals surface area contributed by atoms with Gasteiger partial charge < -0.3 is 0 Å². The summed E-state index contributed by atoms with van der Waals surface area (Å²) in [5.41, 5.74) is 0. The van der Waals surface area contributed by atoms with Crippen LogP contribution in [0.4, 0.5) is 0 Å². The van der Waals surface area contributed by atoms with Gasteiger partial charge >= 0.3 is 0 Å². The SMILES string of the molecule is CCCC(C)Cc1cccs1. The highest BCUT2D eigenvalue weighted by molar-refractivity contribution is 7.09. The quantitative estimate of drug-likeness (QED) is 0.642. The lowest BCUT2D eigenvalue weighted by Gasteiger charge is -2.06. The van der Waals surface area contributed by atoms with E-state index in [-0.39, 0.29) is 0 Å². The minimum atomic E-state index is 0.860. The summed E-state index contributed by atoms with van der Waals surface area (Å²) >= 11 is 1.88. The first-order chi connectivity index (χ1) is 5.33. The van der Waals surface area contributed by atoms with Crippen molar-refractivity contribution in [2.45, 2.75) is 33.1 Å². The summed E-state index contributed by atoms with van der Waals surface area (Å²) in [4.78, 5) is 1.53. The average Bonchev–Trinajstić information content (AvgIpc) is 2.40. The third-order valence-electron chi connectivity index (χ3n) is 1.91. The highest BCUT2D eigenvalue weighted by atomic mass is 32.1. The monoisotopic (exact) mass is 168 g/mol. The number of hydrogen-bond donors (Lipinski definition) is 0. The van der Waals surface area contributed by atoms with Crippen molar-refractivity contribution in [3.05, 3.63) is 22.4 Å². The van der Waals surface area contributed by atoms with Gasteiger partial charge in [-0.25, -0.2) is 0 Å². The van der Waals surface area contributed by atoms with Crippen LogP contribution in [-0.4, -0.2) is 0 Å². The van der Waals surface area contributed by atoms with Crippen molar-refractivity contribution in [1.82, 2.24) is 0 Å². The summed E-state index contributed by atoms with van der Waals surface area (Å²) in [6, 6.07) is 4.37. The van der Waals surface area contributed by atoms with Gasteiger partial charge in [-0.2, -0.15) is 0 Å². The van der Waals surface area contributed by atoms with Gasteiger partial charge in [0.2, 0.25) is 0 Å². The van der Waals surface area contributed by atoms with E-state index in [9.17, 15) is 0 Å². The lowest BCUT2D eigenvalue weighted by molar-refractivity contribution is 0.526. The van der Waals surface area contributed by atoms with Crippen LogP contribution in [0.5, 0.6) is 0 Å². The zero-order valence-electron chi connectivity index (χ0n) is 7.34. The van der Waals surface area contributed by atoms with Crippen molar-refractivity contribution in [2.75, 3.05) is 0 Å². The highest BCUT2D eigenvalue weighted by Crippen LogP contribution is 2.17. The zero-order valence-corrected chi connectivity index (χ0v) is 8.16. The molecule has 0 N–H and O–H groups in total. The topological polar surface area (TPSA) is 0 Å². The van der Waals surface area contributed by atoms with E-state index >= 15 is 0 Å². The van der Waals surface area contributed by atoms with Gasteiger partial charge in [0.15, 0.2) is 0 Å². The van der Waals surface area contributed by atoms with Gasteiger partial charge in [-0.05, 0) is 23.8 Å². The van der Waals surface area contributed by atoms with E-state index in [0.29, 0.717) is 0 Å². The maximum absolute atomic E-state index is 2.34. The van der Waals surface area contributed by atoms with Crippen molar-refractivity contribution in [3.63, 3.8) is 0 Å².